The fourth-order valence-corrected chi connectivity index (χ4v) is 4.15. The van der Waals surface area contributed by atoms with Gasteiger partial charge in [-0.3, -0.25) is 4.79 Å². The zero-order valence-corrected chi connectivity index (χ0v) is 21.7. The monoisotopic (exact) mass is 485 g/mol. The lowest BCUT2D eigenvalue weighted by atomic mass is 9.84. The zero-order valence-electron chi connectivity index (χ0n) is 20.9. The van der Waals surface area contributed by atoms with Gasteiger partial charge in [0.25, 0.3) is 0 Å². The Labute approximate surface area is 207 Å². The number of carbonyl (C=O) groups excluding carboxylic acids is 1. The van der Waals surface area contributed by atoms with Crippen LogP contribution in [0.25, 0.3) is 16.7 Å². The highest BCUT2D eigenvalue weighted by atomic mass is 35.5. The first kappa shape index (κ1) is 26.0. The van der Waals surface area contributed by atoms with Crippen LogP contribution < -0.4 is 0 Å². The van der Waals surface area contributed by atoms with E-state index in [9.17, 15) is 9.90 Å². The molecule has 0 saturated carbocycles. The fourth-order valence-electron chi connectivity index (χ4n) is 3.99. The number of unbranched alkanes of at least 4 members (excludes halogenated alkanes) is 3. The molecular weight excluding hydrogens is 450 g/mol. The summed E-state index contributed by atoms with van der Waals surface area (Å²) in [6, 6.07) is 9.10. The van der Waals surface area contributed by atoms with Crippen LogP contribution in [0.4, 0.5) is 0 Å². The second-order valence-corrected chi connectivity index (χ2v) is 10.5. The SMILES string of the molecule is CCCCCCC(C)OC(=O)CCc1cc(-n2nc3ccc(Cl)cc3n2)c(O)c(C(C)(C)C)c1. The van der Waals surface area contributed by atoms with E-state index in [4.69, 9.17) is 16.3 Å². The van der Waals surface area contributed by atoms with Crippen LogP contribution in [0, 0.1) is 0 Å². The van der Waals surface area contributed by atoms with Gasteiger partial charge in [-0.05, 0) is 61.4 Å². The van der Waals surface area contributed by atoms with Crippen molar-refractivity contribution in [3.8, 4) is 11.4 Å². The molecule has 0 saturated heterocycles. The highest BCUT2D eigenvalue weighted by molar-refractivity contribution is 6.31. The van der Waals surface area contributed by atoms with E-state index in [1.165, 1.54) is 24.1 Å². The van der Waals surface area contributed by atoms with Crippen molar-refractivity contribution in [3.05, 3.63) is 46.5 Å². The van der Waals surface area contributed by atoms with Gasteiger partial charge < -0.3 is 9.84 Å². The van der Waals surface area contributed by atoms with Gasteiger partial charge >= 0.3 is 5.97 Å². The summed E-state index contributed by atoms with van der Waals surface area (Å²) in [5, 5.41) is 20.7. The number of carbonyl (C=O) groups is 1. The van der Waals surface area contributed by atoms with Gasteiger partial charge in [-0.25, -0.2) is 0 Å². The van der Waals surface area contributed by atoms with Crippen LogP contribution in [-0.2, 0) is 21.4 Å². The summed E-state index contributed by atoms with van der Waals surface area (Å²) in [5.74, 6) is -0.0709. The number of halogens is 1. The van der Waals surface area contributed by atoms with Gasteiger partial charge in [-0.1, -0.05) is 64.6 Å². The van der Waals surface area contributed by atoms with E-state index < -0.39 is 0 Å². The third-order valence-corrected chi connectivity index (χ3v) is 6.17. The Morgan fingerprint density at radius 2 is 1.85 bits per heavy atom. The maximum atomic E-state index is 12.5. The van der Waals surface area contributed by atoms with E-state index in [0.717, 1.165) is 24.0 Å². The molecule has 3 rings (SSSR count). The van der Waals surface area contributed by atoms with Crippen molar-refractivity contribution in [2.24, 2.45) is 0 Å². The molecule has 0 amide bonds. The average Bonchev–Trinajstić information content (AvgIpc) is 3.18. The van der Waals surface area contributed by atoms with Gasteiger partial charge in [-0.15, -0.1) is 15.0 Å². The number of aryl methyl sites for hydroxylation is 1. The summed E-state index contributed by atoms with van der Waals surface area (Å²) in [6.45, 7) is 10.3. The molecule has 2 aromatic carbocycles. The van der Waals surface area contributed by atoms with Crippen LogP contribution in [0.3, 0.4) is 0 Å². The minimum Gasteiger partial charge on any atom is -0.505 e. The predicted molar refractivity (Wildman–Crippen MR) is 137 cm³/mol. The predicted octanol–water partition coefficient (Wildman–Crippen LogP) is 6.91. The number of nitrogens with zero attached hydrogens (tertiary/aromatic N) is 3. The Morgan fingerprint density at radius 3 is 2.56 bits per heavy atom. The van der Waals surface area contributed by atoms with Crippen LogP contribution in [0.5, 0.6) is 5.75 Å². The molecule has 1 heterocycles. The average molecular weight is 486 g/mol. The highest BCUT2D eigenvalue weighted by Gasteiger charge is 2.23. The summed E-state index contributed by atoms with van der Waals surface area (Å²) < 4.78 is 5.61. The molecule has 7 heteroatoms. The molecule has 0 bridgehead atoms. The number of aromatic hydroxyl groups is 1. The summed E-state index contributed by atoms with van der Waals surface area (Å²) in [5.41, 5.74) is 3.20. The van der Waals surface area contributed by atoms with Gasteiger partial charge in [-0.2, -0.15) is 0 Å². The number of benzene rings is 2. The second kappa shape index (κ2) is 11.2. The van der Waals surface area contributed by atoms with Crippen molar-refractivity contribution < 1.29 is 14.6 Å². The van der Waals surface area contributed by atoms with E-state index in [1.807, 2.05) is 39.8 Å². The van der Waals surface area contributed by atoms with E-state index in [-0.39, 0.29) is 29.7 Å². The molecule has 0 aliphatic rings. The van der Waals surface area contributed by atoms with Crippen molar-refractivity contribution in [3.63, 3.8) is 0 Å². The second-order valence-electron chi connectivity index (χ2n) is 10.0. The Morgan fingerprint density at radius 1 is 1.12 bits per heavy atom. The Kier molecular flexibility index (Phi) is 8.58. The highest BCUT2D eigenvalue weighted by Crippen LogP contribution is 2.36. The van der Waals surface area contributed by atoms with E-state index in [2.05, 4.69) is 17.1 Å². The van der Waals surface area contributed by atoms with Gasteiger partial charge in [0.05, 0.1) is 6.10 Å². The molecule has 0 radical (unpaired) electrons. The molecule has 0 aliphatic carbocycles. The van der Waals surface area contributed by atoms with Gasteiger partial charge in [0.15, 0.2) is 0 Å². The van der Waals surface area contributed by atoms with Gasteiger partial charge in [0, 0.05) is 17.0 Å². The van der Waals surface area contributed by atoms with Crippen molar-refractivity contribution >= 4 is 28.6 Å². The number of ether oxygens (including phenoxy) is 1. The molecule has 1 atom stereocenters. The Bertz CT molecular complexity index is 1130. The molecule has 1 aromatic heterocycles. The summed E-state index contributed by atoms with van der Waals surface area (Å²) in [6.07, 6.45) is 6.26. The third-order valence-electron chi connectivity index (χ3n) is 5.93. The summed E-state index contributed by atoms with van der Waals surface area (Å²) in [7, 11) is 0. The molecule has 3 aromatic rings. The lowest BCUT2D eigenvalue weighted by Gasteiger charge is -2.23. The van der Waals surface area contributed by atoms with E-state index in [1.54, 1.807) is 18.2 Å². The first-order valence-corrected chi connectivity index (χ1v) is 12.5. The van der Waals surface area contributed by atoms with Gasteiger partial charge in [0.1, 0.15) is 22.5 Å². The van der Waals surface area contributed by atoms with Crippen LogP contribution >= 0.6 is 11.6 Å². The van der Waals surface area contributed by atoms with Crippen LogP contribution in [0.1, 0.15) is 84.3 Å². The first-order chi connectivity index (χ1) is 16.1. The number of hydrogen-bond donors (Lipinski definition) is 1. The number of rotatable bonds is 10. The molecule has 6 nitrogen and oxygen atoms in total. The number of aromatic nitrogens is 3. The van der Waals surface area contributed by atoms with Crippen molar-refractivity contribution in [1.82, 2.24) is 15.0 Å². The maximum absolute atomic E-state index is 12.5. The van der Waals surface area contributed by atoms with Crippen molar-refractivity contribution in [2.75, 3.05) is 0 Å². The molecule has 1 N–H and O–H groups in total. The normalized spacial score (nSPS) is 12.8. The van der Waals surface area contributed by atoms with Crippen molar-refractivity contribution in [2.45, 2.75) is 91.1 Å². The number of hydrogen-bond acceptors (Lipinski definition) is 5. The smallest absolute Gasteiger partial charge is 0.306 e. The molecule has 34 heavy (non-hydrogen) atoms. The number of phenolic OH excluding ortho intramolecular Hbond substituents is 1. The molecular formula is C27H36ClN3O3. The fraction of sp³-hybridized carbons (Fsp3) is 0.519. The first-order valence-electron chi connectivity index (χ1n) is 12.2. The minimum atomic E-state index is -0.307. The summed E-state index contributed by atoms with van der Waals surface area (Å²) in [4.78, 5) is 13.9. The van der Waals surface area contributed by atoms with Crippen LogP contribution in [0.2, 0.25) is 5.02 Å². The molecule has 0 spiro atoms. The van der Waals surface area contributed by atoms with Crippen molar-refractivity contribution in [1.29, 1.82) is 0 Å². The quantitative estimate of drug-likeness (QED) is 0.249. The topological polar surface area (TPSA) is 77.2 Å². The Hall–Kier alpha value is -2.60. The van der Waals surface area contributed by atoms with E-state index >= 15 is 0 Å². The molecule has 184 valence electrons. The van der Waals surface area contributed by atoms with E-state index in [0.29, 0.717) is 28.2 Å². The van der Waals surface area contributed by atoms with Crippen LogP contribution in [0.15, 0.2) is 30.3 Å². The summed E-state index contributed by atoms with van der Waals surface area (Å²) >= 11 is 6.09. The number of phenols is 1. The zero-order chi connectivity index (χ0) is 24.9. The molecule has 0 fully saturated rings. The standard InChI is InChI=1S/C27H36ClN3O3/c1-6-7-8-9-10-18(2)34-25(32)14-11-19-15-21(27(3,4)5)26(33)24(16-19)31-29-22-13-12-20(28)17-23(22)30-31/h12-13,15-18,33H,6-11,14H2,1-5H3. The lowest BCUT2D eigenvalue weighted by molar-refractivity contribution is -0.148. The molecule has 0 aliphatic heterocycles. The third kappa shape index (κ3) is 6.72. The van der Waals surface area contributed by atoms with Crippen LogP contribution in [-0.4, -0.2) is 32.2 Å². The molecule has 1 unspecified atom stereocenters. The lowest BCUT2D eigenvalue weighted by Crippen LogP contribution is -2.16. The van der Waals surface area contributed by atoms with Gasteiger partial charge in [0.2, 0.25) is 0 Å². The largest absolute Gasteiger partial charge is 0.505 e. The Balaban J connectivity index is 1.79. The number of esters is 1. The maximum Gasteiger partial charge on any atom is 0.306 e. The number of fused-ring (bicyclic) bond motifs is 1. The minimum absolute atomic E-state index is 0.0719.